The summed E-state index contributed by atoms with van der Waals surface area (Å²) in [6.45, 7) is 6.77. The number of nitrogens with zero attached hydrogens (tertiary/aromatic N) is 1. The number of nitrogens with two attached hydrogens (primary N) is 1. The van der Waals surface area contributed by atoms with Gasteiger partial charge in [-0.15, -0.1) is 0 Å². The molecule has 4 N–H and O–H groups in total. The Kier molecular flexibility index (Phi) is 21.8. The van der Waals surface area contributed by atoms with E-state index in [1.165, 1.54) is 61.0 Å². The summed E-state index contributed by atoms with van der Waals surface area (Å²) in [6, 6.07) is 27.8. The fourth-order valence-electron chi connectivity index (χ4n) is 6.52. The number of nitrogen functional groups attached to an aromatic ring is 1. The molecule has 0 atom stereocenters. The molecule has 0 aliphatic rings. The molecular weight excluding hydrogens is 877 g/mol. The number of anilines is 1. The van der Waals surface area contributed by atoms with Crippen molar-refractivity contribution in [3.05, 3.63) is 160 Å². The normalized spacial score (nSPS) is 10.4. The SMILES string of the molecule is C=CC(=O)OCCCCCCOc1ccccc1.CCCCCCCCOc1cc(N)c(-c2ccc(C(=O)Oc3ccc(COC(=O)c4cc(C(=O)O)ccc4C(=O)O)cc3)cc2)cc1[N+](=O)[O-]. The highest BCUT2D eigenvalue weighted by Crippen LogP contribution is 2.37. The van der Waals surface area contributed by atoms with E-state index in [-0.39, 0.29) is 46.6 Å². The summed E-state index contributed by atoms with van der Waals surface area (Å²) in [4.78, 5) is 70.2. The largest absolute Gasteiger partial charge is 0.494 e. The molecule has 5 rings (SSSR count). The molecule has 0 aromatic heterocycles. The van der Waals surface area contributed by atoms with Gasteiger partial charge in [-0.2, -0.15) is 0 Å². The number of carbonyl (C=O) groups excluding carboxylic acids is 3. The predicted octanol–water partition coefficient (Wildman–Crippen LogP) is 10.9. The van der Waals surface area contributed by atoms with Crippen molar-refractivity contribution >= 4 is 41.2 Å². The molecule has 0 bridgehead atoms. The number of carbonyl (C=O) groups is 5. The zero-order chi connectivity index (χ0) is 49.3. The van der Waals surface area contributed by atoms with Crippen molar-refractivity contribution in [3.63, 3.8) is 0 Å². The van der Waals surface area contributed by atoms with Crippen LogP contribution >= 0.6 is 0 Å². The molecule has 5 aromatic rings. The molecule has 0 spiro atoms. The number of rotatable bonds is 26. The lowest BCUT2D eigenvalue weighted by Gasteiger charge is -2.12. The number of carboxylic acids is 2. The van der Waals surface area contributed by atoms with E-state index >= 15 is 0 Å². The minimum Gasteiger partial charge on any atom is -0.494 e. The third-order valence-electron chi connectivity index (χ3n) is 10.2. The lowest BCUT2D eigenvalue weighted by atomic mass is 10.0. The van der Waals surface area contributed by atoms with Gasteiger partial charge in [-0.1, -0.05) is 88.1 Å². The van der Waals surface area contributed by atoms with Gasteiger partial charge in [0.2, 0.25) is 0 Å². The predicted molar refractivity (Wildman–Crippen MR) is 254 cm³/mol. The quantitative estimate of drug-likeness (QED) is 0.00888. The number of hydrogen-bond donors (Lipinski definition) is 3. The maximum Gasteiger partial charge on any atom is 0.343 e. The molecule has 0 fully saturated rings. The van der Waals surface area contributed by atoms with E-state index in [0.29, 0.717) is 29.9 Å². The summed E-state index contributed by atoms with van der Waals surface area (Å²) in [5, 5.41) is 30.3. The smallest absolute Gasteiger partial charge is 0.343 e. The number of para-hydroxylation sites is 1. The van der Waals surface area contributed by atoms with E-state index in [2.05, 4.69) is 13.5 Å². The van der Waals surface area contributed by atoms with Crippen LogP contribution < -0.4 is 19.9 Å². The summed E-state index contributed by atoms with van der Waals surface area (Å²) < 4.78 is 26.8. The third kappa shape index (κ3) is 17.4. The topological polar surface area (TPSA) is 241 Å². The van der Waals surface area contributed by atoms with Gasteiger partial charge in [-0.05, 0) is 97.8 Å². The molecule has 0 saturated carbocycles. The summed E-state index contributed by atoms with van der Waals surface area (Å²) >= 11 is 0. The van der Waals surface area contributed by atoms with Crippen LogP contribution in [0, 0.1) is 10.1 Å². The molecule has 0 heterocycles. The van der Waals surface area contributed by atoms with Gasteiger partial charge in [0.25, 0.3) is 0 Å². The van der Waals surface area contributed by atoms with Crippen molar-refractivity contribution in [1.82, 2.24) is 0 Å². The van der Waals surface area contributed by atoms with Crippen molar-refractivity contribution in [2.24, 2.45) is 0 Å². The number of nitro groups is 1. The molecule has 5 aromatic carbocycles. The monoisotopic (exact) mass is 932 g/mol. The second-order valence-electron chi connectivity index (χ2n) is 15.3. The number of esters is 3. The Hall–Kier alpha value is -8.01. The molecule has 0 saturated heterocycles. The Bertz CT molecular complexity index is 2470. The van der Waals surface area contributed by atoms with Gasteiger partial charge in [-0.25, -0.2) is 24.0 Å². The van der Waals surface area contributed by atoms with Gasteiger partial charge in [0, 0.05) is 29.5 Å². The van der Waals surface area contributed by atoms with Gasteiger partial charge >= 0.3 is 35.5 Å². The first kappa shape index (κ1) is 52.6. The van der Waals surface area contributed by atoms with Crippen molar-refractivity contribution in [3.8, 4) is 28.4 Å². The summed E-state index contributed by atoms with van der Waals surface area (Å²) in [7, 11) is 0. The van der Waals surface area contributed by atoms with Crippen LogP contribution in [0.2, 0.25) is 0 Å². The molecule has 0 amide bonds. The fraction of sp³-hybridized carbons (Fsp3) is 0.288. The molecule has 0 aliphatic carbocycles. The fourth-order valence-corrected chi connectivity index (χ4v) is 6.52. The zero-order valence-corrected chi connectivity index (χ0v) is 37.9. The van der Waals surface area contributed by atoms with Gasteiger partial charge < -0.3 is 39.6 Å². The summed E-state index contributed by atoms with van der Waals surface area (Å²) in [5.41, 5.74) is 6.91. The summed E-state index contributed by atoms with van der Waals surface area (Å²) in [5.74, 6) is -3.58. The number of unbranched alkanes of at least 4 members (excludes halogenated alkanes) is 8. The number of nitro benzene ring substituents is 1. The van der Waals surface area contributed by atoms with Crippen LogP contribution in [0.3, 0.4) is 0 Å². The van der Waals surface area contributed by atoms with E-state index in [1.54, 1.807) is 12.1 Å². The van der Waals surface area contributed by atoms with Crippen molar-refractivity contribution in [2.45, 2.75) is 77.7 Å². The molecule has 16 heteroatoms. The minimum absolute atomic E-state index is 0.104. The first-order chi connectivity index (χ1) is 32.8. The Labute approximate surface area is 394 Å². The maximum atomic E-state index is 12.8. The van der Waals surface area contributed by atoms with Crippen LogP contribution in [0.5, 0.6) is 17.2 Å². The van der Waals surface area contributed by atoms with Gasteiger partial charge in [0.15, 0.2) is 5.75 Å². The van der Waals surface area contributed by atoms with Gasteiger partial charge in [-0.3, -0.25) is 10.1 Å². The zero-order valence-electron chi connectivity index (χ0n) is 37.9. The highest BCUT2D eigenvalue weighted by molar-refractivity contribution is 6.04. The standard InChI is InChI=1S/C37H36N2O11.C15H20O3/c1-2-3-4-5-6-7-18-48-33-21-31(38)29(20-32(33)39(46)47)24-10-12-25(13-11-24)36(44)50-27-15-8-23(9-16-27)22-49-37(45)30-19-26(34(40)41)14-17-28(30)35(42)43;1-2-15(16)18-13-9-4-3-8-12-17-14-10-6-5-7-11-14/h8-17,19-21H,2-7,18,22,38H2,1H3,(H,40,41)(H,42,43);2,5-7,10-11H,1,3-4,8-9,12-13H2. The second-order valence-corrected chi connectivity index (χ2v) is 15.3. The van der Waals surface area contributed by atoms with Crippen LogP contribution in [0.15, 0.2) is 122 Å². The Morgan fingerprint density at radius 2 is 1.26 bits per heavy atom. The van der Waals surface area contributed by atoms with Crippen molar-refractivity contribution in [1.29, 1.82) is 0 Å². The summed E-state index contributed by atoms with van der Waals surface area (Å²) in [6.07, 6.45) is 11.6. The van der Waals surface area contributed by atoms with Crippen LogP contribution in [0.1, 0.15) is 118 Å². The number of carboxylic acid groups (broad SMARTS) is 2. The molecule has 0 unspecified atom stereocenters. The van der Waals surface area contributed by atoms with E-state index in [4.69, 9.17) is 29.4 Å². The van der Waals surface area contributed by atoms with Crippen LogP contribution in [0.4, 0.5) is 11.4 Å². The van der Waals surface area contributed by atoms with E-state index in [0.717, 1.165) is 88.3 Å². The Balaban J connectivity index is 0.000000469. The first-order valence-electron chi connectivity index (χ1n) is 22.2. The van der Waals surface area contributed by atoms with Crippen LogP contribution in [-0.4, -0.2) is 64.8 Å². The number of ether oxygens (including phenoxy) is 5. The van der Waals surface area contributed by atoms with Gasteiger partial charge in [0.1, 0.15) is 18.1 Å². The van der Waals surface area contributed by atoms with Crippen LogP contribution in [-0.2, 0) is 20.9 Å². The number of aromatic carboxylic acids is 2. The molecule has 16 nitrogen and oxygen atoms in total. The maximum absolute atomic E-state index is 12.8. The average Bonchev–Trinajstić information content (AvgIpc) is 3.34. The lowest BCUT2D eigenvalue weighted by molar-refractivity contribution is -0.385. The van der Waals surface area contributed by atoms with E-state index in [9.17, 15) is 44.3 Å². The van der Waals surface area contributed by atoms with E-state index in [1.807, 2.05) is 30.3 Å². The minimum atomic E-state index is -1.42. The molecule has 358 valence electrons. The van der Waals surface area contributed by atoms with Gasteiger partial charge in [0.05, 0.1) is 47.0 Å². The third-order valence-corrected chi connectivity index (χ3v) is 10.2. The lowest BCUT2D eigenvalue weighted by Crippen LogP contribution is -2.13. The molecular formula is C52H56N2O14. The van der Waals surface area contributed by atoms with Crippen molar-refractivity contribution < 1.29 is 62.8 Å². The average molecular weight is 933 g/mol. The van der Waals surface area contributed by atoms with E-state index < -0.39 is 39.9 Å². The highest BCUT2D eigenvalue weighted by atomic mass is 16.6. The van der Waals surface area contributed by atoms with Crippen LogP contribution in [0.25, 0.3) is 11.1 Å². The first-order valence-corrected chi connectivity index (χ1v) is 22.2. The Morgan fingerprint density at radius 1 is 0.647 bits per heavy atom. The molecule has 68 heavy (non-hydrogen) atoms. The second kappa shape index (κ2) is 28.1. The van der Waals surface area contributed by atoms with Crippen molar-refractivity contribution in [2.75, 3.05) is 25.6 Å². The molecule has 0 radical (unpaired) electrons. The number of hydrogen-bond acceptors (Lipinski definition) is 13. The highest BCUT2D eigenvalue weighted by Gasteiger charge is 2.22. The number of benzene rings is 5. The molecule has 0 aliphatic heterocycles. The Morgan fingerprint density at radius 3 is 1.88 bits per heavy atom.